The molecule has 0 aliphatic carbocycles. The average molecular weight is 270 g/mol. The number of amidine groups is 1. The fourth-order valence-electron chi connectivity index (χ4n) is 2.66. The van der Waals surface area contributed by atoms with Crippen LogP contribution in [0.4, 0.5) is 0 Å². The maximum atomic E-state index is 12.8. The van der Waals surface area contributed by atoms with Crippen LogP contribution in [0.5, 0.6) is 0 Å². The predicted molar refractivity (Wildman–Crippen MR) is 75.1 cm³/mol. The van der Waals surface area contributed by atoms with E-state index >= 15 is 0 Å². The molecule has 0 bridgehead atoms. The highest BCUT2D eigenvalue weighted by molar-refractivity contribution is 6.06. The lowest BCUT2D eigenvalue weighted by Crippen LogP contribution is -2.58. The van der Waals surface area contributed by atoms with Gasteiger partial charge in [0.15, 0.2) is 5.84 Å². The number of likely N-dealkylation sites (N-methyl/N-ethyl adjacent to an activating group) is 1. The van der Waals surface area contributed by atoms with Crippen LogP contribution in [-0.2, 0) is 4.79 Å². The summed E-state index contributed by atoms with van der Waals surface area (Å²) >= 11 is 0. The van der Waals surface area contributed by atoms with Gasteiger partial charge in [-0.1, -0.05) is 19.0 Å². The molecule has 1 saturated heterocycles. The number of hydrogen-bond acceptors (Lipinski definition) is 4. The quantitative estimate of drug-likeness (QED) is 0.341. The zero-order valence-corrected chi connectivity index (χ0v) is 12.4. The third-order valence-corrected chi connectivity index (χ3v) is 4.46. The van der Waals surface area contributed by atoms with Gasteiger partial charge in [-0.05, 0) is 26.8 Å². The zero-order chi connectivity index (χ0) is 14.6. The molecule has 6 heteroatoms. The normalized spacial score (nSPS) is 22.6. The molecule has 0 saturated carbocycles. The average Bonchev–Trinajstić information content (AvgIpc) is 2.43. The van der Waals surface area contributed by atoms with Gasteiger partial charge in [0, 0.05) is 25.7 Å². The Bertz CT molecular complexity index is 353. The van der Waals surface area contributed by atoms with Crippen molar-refractivity contribution in [2.24, 2.45) is 16.3 Å². The number of piperazine rings is 1. The number of carbonyl (C=O) groups is 1. The molecule has 1 aliphatic rings. The van der Waals surface area contributed by atoms with Gasteiger partial charge in [0.05, 0.1) is 0 Å². The van der Waals surface area contributed by atoms with Crippen LogP contribution in [0, 0.1) is 5.41 Å². The Kier molecular flexibility index (Phi) is 5.17. The van der Waals surface area contributed by atoms with Crippen LogP contribution < -0.4 is 5.73 Å². The molecule has 1 heterocycles. The van der Waals surface area contributed by atoms with E-state index in [9.17, 15) is 4.79 Å². The molecule has 1 rings (SSSR count). The molecule has 1 amide bonds. The van der Waals surface area contributed by atoms with Crippen molar-refractivity contribution in [1.29, 1.82) is 0 Å². The van der Waals surface area contributed by atoms with Crippen LogP contribution in [0.25, 0.3) is 0 Å². The minimum atomic E-state index is -0.871. The Balaban J connectivity index is 2.95. The van der Waals surface area contributed by atoms with Crippen LogP contribution in [0.1, 0.15) is 33.6 Å². The highest BCUT2D eigenvalue weighted by atomic mass is 16.4. The van der Waals surface area contributed by atoms with Crippen molar-refractivity contribution >= 4 is 11.7 Å². The van der Waals surface area contributed by atoms with Crippen LogP contribution in [0.3, 0.4) is 0 Å². The maximum absolute atomic E-state index is 12.8. The first-order valence-corrected chi connectivity index (χ1v) is 6.90. The van der Waals surface area contributed by atoms with Crippen LogP contribution in [-0.4, -0.2) is 59.5 Å². The standard InChI is InChI=1S/C13H26N4O2/c1-5-13(6-2,11(14)15-19)12(18)17-8-7-16(4)10(3)9-17/h10,19H,5-9H2,1-4H3,(H2,14,15). The monoisotopic (exact) mass is 270 g/mol. The summed E-state index contributed by atoms with van der Waals surface area (Å²) in [6.45, 7) is 8.14. The van der Waals surface area contributed by atoms with Crippen molar-refractivity contribution in [3.05, 3.63) is 0 Å². The molecule has 0 aromatic rings. The Morgan fingerprint density at radius 1 is 1.42 bits per heavy atom. The Morgan fingerprint density at radius 2 is 2.00 bits per heavy atom. The number of rotatable bonds is 4. The second kappa shape index (κ2) is 6.23. The lowest BCUT2D eigenvalue weighted by atomic mass is 9.79. The van der Waals surface area contributed by atoms with E-state index < -0.39 is 5.41 Å². The van der Waals surface area contributed by atoms with Gasteiger partial charge in [0.25, 0.3) is 0 Å². The van der Waals surface area contributed by atoms with E-state index in [0.29, 0.717) is 32.0 Å². The van der Waals surface area contributed by atoms with Gasteiger partial charge >= 0.3 is 0 Å². The second-order valence-corrected chi connectivity index (χ2v) is 5.36. The van der Waals surface area contributed by atoms with Crippen LogP contribution in [0.15, 0.2) is 5.16 Å². The van der Waals surface area contributed by atoms with Gasteiger partial charge in [0.1, 0.15) is 5.41 Å². The van der Waals surface area contributed by atoms with Crippen molar-refractivity contribution in [3.8, 4) is 0 Å². The number of amides is 1. The maximum Gasteiger partial charge on any atom is 0.236 e. The highest BCUT2D eigenvalue weighted by Crippen LogP contribution is 2.30. The zero-order valence-electron chi connectivity index (χ0n) is 12.4. The molecule has 0 spiro atoms. The molecular formula is C13H26N4O2. The summed E-state index contributed by atoms with van der Waals surface area (Å²) in [6.07, 6.45) is 1.08. The molecule has 1 fully saturated rings. The van der Waals surface area contributed by atoms with Gasteiger partial charge in [-0.25, -0.2) is 0 Å². The lowest BCUT2D eigenvalue weighted by Gasteiger charge is -2.42. The minimum absolute atomic E-state index is 0.0206. The highest BCUT2D eigenvalue weighted by Gasteiger charge is 2.43. The molecule has 19 heavy (non-hydrogen) atoms. The third kappa shape index (κ3) is 2.83. The molecule has 0 radical (unpaired) electrons. The Hall–Kier alpha value is -1.30. The first kappa shape index (κ1) is 15.8. The molecule has 1 unspecified atom stereocenters. The number of nitrogens with two attached hydrogens (primary N) is 1. The van der Waals surface area contributed by atoms with Crippen LogP contribution in [0.2, 0.25) is 0 Å². The molecule has 6 nitrogen and oxygen atoms in total. The minimum Gasteiger partial charge on any atom is -0.409 e. The van der Waals surface area contributed by atoms with E-state index in [0.717, 1.165) is 6.54 Å². The summed E-state index contributed by atoms with van der Waals surface area (Å²) in [7, 11) is 2.06. The molecule has 1 atom stereocenters. The lowest BCUT2D eigenvalue weighted by molar-refractivity contribution is -0.141. The van der Waals surface area contributed by atoms with Gasteiger partial charge in [0.2, 0.25) is 5.91 Å². The van der Waals surface area contributed by atoms with Crippen LogP contribution >= 0.6 is 0 Å². The second-order valence-electron chi connectivity index (χ2n) is 5.36. The van der Waals surface area contributed by atoms with Crippen molar-refractivity contribution in [1.82, 2.24) is 9.80 Å². The van der Waals surface area contributed by atoms with Gasteiger partial charge in [-0.2, -0.15) is 0 Å². The number of nitrogens with zero attached hydrogens (tertiary/aromatic N) is 3. The van der Waals surface area contributed by atoms with E-state index in [-0.39, 0.29) is 11.7 Å². The molecule has 3 N–H and O–H groups in total. The third-order valence-electron chi connectivity index (χ3n) is 4.46. The topological polar surface area (TPSA) is 82.2 Å². The Morgan fingerprint density at radius 3 is 2.42 bits per heavy atom. The molecular weight excluding hydrogens is 244 g/mol. The molecule has 110 valence electrons. The Labute approximate surface area is 115 Å². The number of hydrogen-bond donors (Lipinski definition) is 2. The summed E-state index contributed by atoms with van der Waals surface area (Å²) in [4.78, 5) is 16.8. The molecule has 0 aromatic heterocycles. The van der Waals surface area contributed by atoms with E-state index in [4.69, 9.17) is 10.9 Å². The van der Waals surface area contributed by atoms with E-state index in [1.165, 1.54) is 0 Å². The SMILES string of the molecule is CCC(CC)(C(=O)N1CCN(C)C(C)C1)C(N)=NO. The molecule has 0 aromatic carbocycles. The summed E-state index contributed by atoms with van der Waals surface area (Å²) < 4.78 is 0. The number of oxime groups is 1. The van der Waals surface area contributed by atoms with Crippen molar-refractivity contribution < 1.29 is 10.0 Å². The summed E-state index contributed by atoms with van der Waals surface area (Å²) in [5, 5.41) is 12.0. The van der Waals surface area contributed by atoms with E-state index in [1.54, 1.807) is 0 Å². The summed E-state index contributed by atoms with van der Waals surface area (Å²) in [5.41, 5.74) is 4.91. The van der Waals surface area contributed by atoms with Gasteiger partial charge in [-0.15, -0.1) is 0 Å². The van der Waals surface area contributed by atoms with Gasteiger partial charge < -0.3 is 20.7 Å². The largest absolute Gasteiger partial charge is 0.409 e. The first-order chi connectivity index (χ1) is 8.92. The van der Waals surface area contributed by atoms with Crippen molar-refractivity contribution in [3.63, 3.8) is 0 Å². The van der Waals surface area contributed by atoms with Crippen molar-refractivity contribution in [2.75, 3.05) is 26.7 Å². The smallest absolute Gasteiger partial charge is 0.236 e. The molecule has 1 aliphatic heterocycles. The fourth-order valence-corrected chi connectivity index (χ4v) is 2.66. The van der Waals surface area contributed by atoms with Gasteiger partial charge in [-0.3, -0.25) is 4.79 Å². The first-order valence-electron chi connectivity index (χ1n) is 6.90. The van der Waals surface area contributed by atoms with E-state index in [2.05, 4.69) is 24.0 Å². The van der Waals surface area contributed by atoms with E-state index in [1.807, 2.05) is 18.7 Å². The van der Waals surface area contributed by atoms with Crippen molar-refractivity contribution in [2.45, 2.75) is 39.7 Å². The number of carbonyl (C=O) groups excluding carboxylic acids is 1. The summed E-state index contributed by atoms with van der Waals surface area (Å²) in [5.74, 6) is 0.00170. The summed E-state index contributed by atoms with van der Waals surface area (Å²) in [6, 6.07) is 0.330. The fraction of sp³-hybridized carbons (Fsp3) is 0.846. The predicted octanol–water partition coefficient (Wildman–Crippen LogP) is 0.702.